The normalized spacial score (nSPS) is 18.1. The van der Waals surface area contributed by atoms with Crippen molar-refractivity contribution >= 4 is 11.0 Å². The molecule has 7 nitrogen and oxygen atoms in total. The van der Waals surface area contributed by atoms with Crippen LogP contribution in [0.15, 0.2) is 39.7 Å². The van der Waals surface area contributed by atoms with E-state index in [1.54, 1.807) is 13.8 Å². The van der Waals surface area contributed by atoms with Crippen molar-refractivity contribution in [2.45, 2.75) is 32.0 Å². The van der Waals surface area contributed by atoms with E-state index in [1.165, 1.54) is 24.5 Å². The molecule has 7 heteroatoms. The zero-order chi connectivity index (χ0) is 19.5. The van der Waals surface area contributed by atoms with Gasteiger partial charge in [-0.15, -0.1) is 0 Å². The molecule has 0 amide bonds. The van der Waals surface area contributed by atoms with Crippen molar-refractivity contribution in [3.05, 3.63) is 46.3 Å². The summed E-state index contributed by atoms with van der Waals surface area (Å²) in [5.74, 6) is -0.407. The second-order valence-electron chi connectivity index (χ2n) is 7.18. The van der Waals surface area contributed by atoms with Gasteiger partial charge in [-0.3, -0.25) is 4.79 Å². The number of aliphatic hydroxyl groups excluding tert-OH is 1. The Morgan fingerprint density at radius 1 is 1.07 bits per heavy atom. The first-order chi connectivity index (χ1) is 12.7. The van der Waals surface area contributed by atoms with E-state index in [0.717, 1.165) is 6.07 Å². The first kappa shape index (κ1) is 17.2. The van der Waals surface area contributed by atoms with E-state index in [2.05, 4.69) is 0 Å². The fourth-order valence-electron chi connectivity index (χ4n) is 3.33. The number of rotatable bonds is 1. The number of hydrogen-bond acceptors (Lipinski definition) is 7. The molecule has 27 heavy (non-hydrogen) atoms. The first-order valence-electron chi connectivity index (χ1n) is 8.39. The Morgan fingerprint density at radius 2 is 1.81 bits per heavy atom. The lowest BCUT2D eigenvalue weighted by Crippen LogP contribution is -2.46. The maximum absolute atomic E-state index is 13.0. The van der Waals surface area contributed by atoms with Crippen molar-refractivity contribution in [1.82, 2.24) is 0 Å². The van der Waals surface area contributed by atoms with E-state index in [9.17, 15) is 25.2 Å². The Balaban J connectivity index is 1.98. The van der Waals surface area contributed by atoms with Crippen molar-refractivity contribution in [3.8, 4) is 34.1 Å². The van der Waals surface area contributed by atoms with Gasteiger partial charge in [-0.1, -0.05) is 0 Å². The van der Waals surface area contributed by atoms with Crippen LogP contribution in [-0.4, -0.2) is 32.1 Å². The first-order valence-corrected chi connectivity index (χ1v) is 8.39. The topological polar surface area (TPSA) is 120 Å². The second-order valence-corrected chi connectivity index (χ2v) is 7.18. The average Bonchev–Trinajstić information content (AvgIpc) is 2.57. The SMILES string of the molecule is CC1(C)Oc2cc(O)c3c(=O)c(-c4ccc(O)cc4O)coc3c2CC1O. The summed E-state index contributed by atoms with van der Waals surface area (Å²) < 4.78 is 11.4. The van der Waals surface area contributed by atoms with Crippen molar-refractivity contribution in [2.24, 2.45) is 0 Å². The summed E-state index contributed by atoms with van der Waals surface area (Å²) in [5.41, 5.74) is -0.562. The lowest BCUT2D eigenvalue weighted by atomic mass is 9.89. The highest BCUT2D eigenvalue weighted by Crippen LogP contribution is 2.42. The summed E-state index contributed by atoms with van der Waals surface area (Å²) in [7, 11) is 0. The molecular formula is C20H18O7. The Hall–Kier alpha value is -3.19. The third kappa shape index (κ3) is 2.59. The number of ether oxygens (including phenoxy) is 1. The quantitative estimate of drug-likeness (QED) is 0.520. The molecule has 0 bridgehead atoms. The minimum Gasteiger partial charge on any atom is -0.508 e. The van der Waals surface area contributed by atoms with Crippen LogP contribution >= 0.6 is 0 Å². The van der Waals surface area contributed by atoms with Gasteiger partial charge in [0, 0.05) is 29.7 Å². The molecule has 0 fully saturated rings. The van der Waals surface area contributed by atoms with E-state index in [1.807, 2.05) is 0 Å². The van der Waals surface area contributed by atoms with Crippen LogP contribution in [-0.2, 0) is 6.42 Å². The maximum atomic E-state index is 13.0. The summed E-state index contributed by atoms with van der Waals surface area (Å²) in [6.07, 6.45) is 0.568. The van der Waals surface area contributed by atoms with Crippen LogP contribution in [0, 0.1) is 0 Å². The van der Waals surface area contributed by atoms with Gasteiger partial charge in [0.15, 0.2) is 0 Å². The standard InChI is InChI=1S/C20H18O7/c1-20(2)16(24)6-11-15(27-20)7-14(23)17-18(25)12(8-26-19(11)17)10-4-3-9(21)5-13(10)22/h3-5,7-8,16,21-24H,6H2,1-2H3. The molecule has 0 saturated heterocycles. The fourth-order valence-corrected chi connectivity index (χ4v) is 3.33. The van der Waals surface area contributed by atoms with Crippen molar-refractivity contribution in [2.75, 3.05) is 0 Å². The molecule has 1 atom stereocenters. The number of aliphatic hydroxyl groups is 1. The smallest absolute Gasteiger partial charge is 0.204 e. The number of phenolic OH excluding ortho intramolecular Hbond substituents is 3. The third-order valence-electron chi connectivity index (χ3n) is 4.93. The van der Waals surface area contributed by atoms with Crippen molar-refractivity contribution < 1.29 is 29.6 Å². The molecule has 0 aliphatic carbocycles. The molecule has 2 aromatic carbocycles. The van der Waals surface area contributed by atoms with Gasteiger partial charge in [-0.05, 0) is 26.0 Å². The van der Waals surface area contributed by atoms with Gasteiger partial charge in [0.1, 0.15) is 45.8 Å². The second kappa shape index (κ2) is 5.65. The van der Waals surface area contributed by atoms with Crippen LogP contribution in [0.25, 0.3) is 22.1 Å². The molecule has 3 aromatic rings. The Kier molecular flexibility index (Phi) is 3.61. The molecule has 1 aliphatic heterocycles. The average molecular weight is 370 g/mol. The van der Waals surface area contributed by atoms with Crippen LogP contribution in [0.5, 0.6) is 23.0 Å². The largest absolute Gasteiger partial charge is 0.508 e. The monoisotopic (exact) mass is 370 g/mol. The van der Waals surface area contributed by atoms with E-state index in [0.29, 0.717) is 11.3 Å². The molecule has 1 unspecified atom stereocenters. The van der Waals surface area contributed by atoms with E-state index >= 15 is 0 Å². The minimum absolute atomic E-state index is 0.0351. The van der Waals surface area contributed by atoms with Crippen LogP contribution < -0.4 is 10.2 Å². The molecule has 1 aromatic heterocycles. The zero-order valence-electron chi connectivity index (χ0n) is 14.7. The number of hydrogen-bond donors (Lipinski definition) is 4. The Bertz CT molecular complexity index is 1130. The molecule has 4 rings (SSSR count). The highest BCUT2D eigenvalue weighted by atomic mass is 16.5. The van der Waals surface area contributed by atoms with Crippen molar-refractivity contribution in [3.63, 3.8) is 0 Å². The minimum atomic E-state index is -0.842. The fraction of sp³-hybridized carbons (Fsp3) is 0.250. The van der Waals surface area contributed by atoms with Crippen LogP contribution in [0.3, 0.4) is 0 Å². The van der Waals surface area contributed by atoms with E-state index in [4.69, 9.17) is 9.15 Å². The van der Waals surface area contributed by atoms with Gasteiger partial charge in [0.2, 0.25) is 5.43 Å². The number of benzene rings is 2. The van der Waals surface area contributed by atoms with Crippen LogP contribution in [0.4, 0.5) is 0 Å². The summed E-state index contributed by atoms with van der Waals surface area (Å²) in [4.78, 5) is 13.0. The van der Waals surface area contributed by atoms with Gasteiger partial charge in [0.25, 0.3) is 0 Å². The predicted molar refractivity (Wildman–Crippen MR) is 97.3 cm³/mol. The summed E-state index contributed by atoms with van der Waals surface area (Å²) >= 11 is 0. The lowest BCUT2D eigenvalue weighted by molar-refractivity contribution is -0.0410. The lowest BCUT2D eigenvalue weighted by Gasteiger charge is -2.37. The maximum Gasteiger partial charge on any atom is 0.204 e. The number of fused-ring (bicyclic) bond motifs is 3. The molecule has 140 valence electrons. The molecule has 1 aliphatic rings. The van der Waals surface area contributed by atoms with Crippen LogP contribution in [0.1, 0.15) is 19.4 Å². The molecule has 0 radical (unpaired) electrons. The van der Waals surface area contributed by atoms with Gasteiger partial charge in [-0.25, -0.2) is 0 Å². The third-order valence-corrected chi connectivity index (χ3v) is 4.93. The summed E-state index contributed by atoms with van der Waals surface area (Å²) in [5, 5.41) is 40.1. The Morgan fingerprint density at radius 3 is 2.52 bits per heavy atom. The Labute approximate surface area is 153 Å². The van der Waals surface area contributed by atoms with Gasteiger partial charge >= 0.3 is 0 Å². The summed E-state index contributed by atoms with van der Waals surface area (Å²) in [6.45, 7) is 3.46. The molecular weight excluding hydrogens is 352 g/mol. The molecule has 2 heterocycles. The molecule has 0 saturated carbocycles. The number of aromatic hydroxyl groups is 3. The highest BCUT2D eigenvalue weighted by molar-refractivity contribution is 5.91. The predicted octanol–water partition coefficient (Wildman–Crippen LogP) is 2.65. The van der Waals surface area contributed by atoms with Gasteiger partial charge < -0.3 is 29.6 Å². The van der Waals surface area contributed by atoms with E-state index in [-0.39, 0.29) is 45.8 Å². The number of phenols is 3. The summed E-state index contributed by atoms with van der Waals surface area (Å²) in [6, 6.07) is 5.16. The van der Waals surface area contributed by atoms with Gasteiger partial charge in [0.05, 0.1) is 11.7 Å². The molecule has 0 spiro atoms. The molecule has 4 N–H and O–H groups in total. The van der Waals surface area contributed by atoms with Crippen molar-refractivity contribution in [1.29, 1.82) is 0 Å². The van der Waals surface area contributed by atoms with Crippen LogP contribution in [0.2, 0.25) is 0 Å². The zero-order valence-corrected chi connectivity index (χ0v) is 14.7. The highest BCUT2D eigenvalue weighted by Gasteiger charge is 2.38. The van der Waals surface area contributed by atoms with E-state index < -0.39 is 17.1 Å². The van der Waals surface area contributed by atoms with Gasteiger partial charge in [-0.2, -0.15) is 0 Å².